The van der Waals surface area contributed by atoms with Gasteiger partial charge in [0.05, 0.1) is 6.42 Å². The number of hydrogen-bond donors (Lipinski definition) is 3. The van der Waals surface area contributed by atoms with Gasteiger partial charge in [0, 0.05) is 6.54 Å². The highest BCUT2D eigenvalue weighted by Crippen LogP contribution is 2.24. The smallest absolute Gasteiger partial charge is 0.224 e. The standard InChI is InChI=1S/C20H25NO3/c1-14(2)11-15-3-5-16(6-4-15)13-20(24)21-10-9-17-7-8-18(22)19(23)12-17/h3-8,12,14,22-23H,9-11,13H2,1-2H3,(H,21,24). The van der Waals surface area contributed by atoms with E-state index in [0.29, 0.717) is 25.3 Å². The Morgan fingerprint density at radius 2 is 1.58 bits per heavy atom. The van der Waals surface area contributed by atoms with Crippen LogP contribution < -0.4 is 5.32 Å². The second kappa shape index (κ2) is 8.39. The molecule has 0 unspecified atom stereocenters. The van der Waals surface area contributed by atoms with Gasteiger partial charge in [-0.1, -0.05) is 44.2 Å². The Balaban J connectivity index is 1.77. The Hall–Kier alpha value is -2.49. The molecule has 4 heteroatoms. The Kier molecular flexibility index (Phi) is 6.24. The Morgan fingerprint density at radius 3 is 2.21 bits per heavy atom. The number of phenols is 2. The molecule has 0 aromatic heterocycles. The van der Waals surface area contributed by atoms with Crippen LogP contribution in [-0.4, -0.2) is 22.7 Å². The molecule has 0 aliphatic carbocycles. The van der Waals surface area contributed by atoms with E-state index in [-0.39, 0.29) is 17.4 Å². The molecular weight excluding hydrogens is 302 g/mol. The highest BCUT2D eigenvalue weighted by Gasteiger charge is 2.05. The van der Waals surface area contributed by atoms with Crippen LogP contribution in [0.4, 0.5) is 0 Å². The topological polar surface area (TPSA) is 69.6 Å². The van der Waals surface area contributed by atoms with E-state index in [1.807, 2.05) is 12.1 Å². The van der Waals surface area contributed by atoms with E-state index in [1.54, 1.807) is 6.07 Å². The Bertz CT molecular complexity index is 678. The molecule has 0 radical (unpaired) electrons. The Morgan fingerprint density at radius 1 is 0.958 bits per heavy atom. The fourth-order valence-electron chi connectivity index (χ4n) is 2.58. The van der Waals surface area contributed by atoms with E-state index >= 15 is 0 Å². The van der Waals surface area contributed by atoms with Gasteiger partial charge in [0.1, 0.15) is 0 Å². The molecule has 0 aliphatic heterocycles. The molecule has 0 aliphatic rings. The number of rotatable bonds is 7. The first kappa shape index (κ1) is 17.9. The van der Waals surface area contributed by atoms with Crippen LogP contribution in [0.15, 0.2) is 42.5 Å². The van der Waals surface area contributed by atoms with Crippen molar-refractivity contribution in [2.45, 2.75) is 33.1 Å². The van der Waals surface area contributed by atoms with E-state index in [2.05, 4.69) is 31.3 Å². The zero-order valence-corrected chi connectivity index (χ0v) is 14.2. The van der Waals surface area contributed by atoms with Gasteiger partial charge in [-0.3, -0.25) is 4.79 Å². The van der Waals surface area contributed by atoms with Gasteiger partial charge in [0.25, 0.3) is 0 Å². The summed E-state index contributed by atoms with van der Waals surface area (Å²) in [6, 6.07) is 12.9. The molecule has 0 heterocycles. The van der Waals surface area contributed by atoms with Crippen LogP contribution in [0.25, 0.3) is 0 Å². The summed E-state index contributed by atoms with van der Waals surface area (Å²) in [5.41, 5.74) is 3.16. The number of carbonyl (C=O) groups excluding carboxylic acids is 1. The van der Waals surface area contributed by atoms with Crippen molar-refractivity contribution in [2.24, 2.45) is 5.92 Å². The van der Waals surface area contributed by atoms with Crippen molar-refractivity contribution in [1.29, 1.82) is 0 Å². The molecule has 1 amide bonds. The monoisotopic (exact) mass is 327 g/mol. The fraction of sp³-hybridized carbons (Fsp3) is 0.350. The lowest BCUT2D eigenvalue weighted by Crippen LogP contribution is -2.27. The number of hydrogen-bond acceptors (Lipinski definition) is 3. The second-order valence-corrected chi connectivity index (χ2v) is 6.51. The van der Waals surface area contributed by atoms with Crippen LogP contribution in [0.5, 0.6) is 11.5 Å². The predicted molar refractivity (Wildman–Crippen MR) is 95.2 cm³/mol. The zero-order valence-electron chi connectivity index (χ0n) is 14.2. The van der Waals surface area contributed by atoms with E-state index in [4.69, 9.17) is 0 Å². The second-order valence-electron chi connectivity index (χ2n) is 6.51. The molecule has 128 valence electrons. The Labute approximate surface area is 143 Å². The first-order valence-corrected chi connectivity index (χ1v) is 8.29. The van der Waals surface area contributed by atoms with Crippen LogP contribution in [0, 0.1) is 5.92 Å². The third-order valence-electron chi connectivity index (χ3n) is 3.81. The highest BCUT2D eigenvalue weighted by molar-refractivity contribution is 5.78. The van der Waals surface area contributed by atoms with Gasteiger partial charge in [0.2, 0.25) is 5.91 Å². The first-order chi connectivity index (χ1) is 11.4. The summed E-state index contributed by atoms with van der Waals surface area (Å²) >= 11 is 0. The SMILES string of the molecule is CC(C)Cc1ccc(CC(=O)NCCc2ccc(O)c(O)c2)cc1. The number of amides is 1. The van der Waals surface area contributed by atoms with E-state index in [9.17, 15) is 15.0 Å². The average molecular weight is 327 g/mol. The van der Waals surface area contributed by atoms with Crippen LogP contribution in [0.2, 0.25) is 0 Å². The number of nitrogens with one attached hydrogen (secondary N) is 1. The molecule has 0 saturated carbocycles. The number of benzene rings is 2. The van der Waals surface area contributed by atoms with Gasteiger partial charge in [-0.2, -0.15) is 0 Å². The summed E-state index contributed by atoms with van der Waals surface area (Å²) in [5.74, 6) is 0.331. The summed E-state index contributed by atoms with van der Waals surface area (Å²) in [6.07, 6.45) is 2.02. The third kappa shape index (κ3) is 5.61. The minimum atomic E-state index is -0.139. The van der Waals surface area contributed by atoms with Crippen molar-refractivity contribution >= 4 is 5.91 Å². The van der Waals surface area contributed by atoms with Crippen molar-refractivity contribution < 1.29 is 15.0 Å². The lowest BCUT2D eigenvalue weighted by atomic mass is 10.0. The molecule has 3 N–H and O–H groups in total. The van der Waals surface area contributed by atoms with E-state index < -0.39 is 0 Å². The molecule has 0 saturated heterocycles. The van der Waals surface area contributed by atoms with Crippen LogP contribution in [0.1, 0.15) is 30.5 Å². The molecular formula is C20H25NO3. The van der Waals surface area contributed by atoms with Gasteiger partial charge in [-0.25, -0.2) is 0 Å². The number of carbonyl (C=O) groups is 1. The summed E-state index contributed by atoms with van der Waals surface area (Å²) in [4.78, 5) is 12.0. The maximum absolute atomic E-state index is 12.0. The summed E-state index contributed by atoms with van der Waals surface area (Å²) in [5, 5.41) is 21.6. The van der Waals surface area contributed by atoms with Crippen LogP contribution >= 0.6 is 0 Å². The summed E-state index contributed by atoms with van der Waals surface area (Å²) < 4.78 is 0. The molecule has 0 spiro atoms. The number of phenolic OH excluding ortho intramolecular Hbond substituents is 2. The van der Waals surface area contributed by atoms with Gasteiger partial charge in [0.15, 0.2) is 11.5 Å². The lowest BCUT2D eigenvalue weighted by molar-refractivity contribution is -0.120. The average Bonchev–Trinajstić information content (AvgIpc) is 2.52. The van der Waals surface area contributed by atoms with E-state index in [1.165, 1.54) is 17.7 Å². The maximum Gasteiger partial charge on any atom is 0.224 e. The van der Waals surface area contributed by atoms with Crippen LogP contribution in [-0.2, 0) is 24.1 Å². The first-order valence-electron chi connectivity index (χ1n) is 8.29. The summed E-state index contributed by atoms with van der Waals surface area (Å²) in [6.45, 7) is 4.87. The van der Waals surface area contributed by atoms with Crippen molar-refractivity contribution in [2.75, 3.05) is 6.54 Å². The van der Waals surface area contributed by atoms with E-state index in [0.717, 1.165) is 17.5 Å². The maximum atomic E-state index is 12.0. The minimum absolute atomic E-state index is 0.0189. The molecule has 24 heavy (non-hydrogen) atoms. The zero-order chi connectivity index (χ0) is 17.5. The van der Waals surface area contributed by atoms with Gasteiger partial charge >= 0.3 is 0 Å². The predicted octanol–water partition coefficient (Wildman–Crippen LogP) is 3.20. The molecule has 0 atom stereocenters. The molecule has 2 aromatic rings. The van der Waals surface area contributed by atoms with Gasteiger partial charge in [-0.15, -0.1) is 0 Å². The quantitative estimate of drug-likeness (QED) is 0.684. The third-order valence-corrected chi connectivity index (χ3v) is 3.81. The summed E-state index contributed by atoms with van der Waals surface area (Å²) in [7, 11) is 0. The number of aromatic hydroxyl groups is 2. The van der Waals surface area contributed by atoms with Crippen LogP contribution in [0.3, 0.4) is 0 Å². The van der Waals surface area contributed by atoms with Crippen molar-refractivity contribution in [3.63, 3.8) is 0 Å². The highest BCUT2D eigenvalue weighted by atomic mass is 16.3. The molecule has 0 fully saturated rings. The van der Waals surface area contributed by atoms with Crippen molar-refractivity contribution in [3.8, 4) is 11.5 Å². The largest absolute Gasteiger partial charge is 0.504 e. The van der Waals surface area contributed by atoms with Gasteiger partial charge < -0.3 is 15.5 Å². The minimum Gasteiger partial charge on any atom is -0.504 e. The molecule has 0 bridgehead atoms. The molecule has 4 nitrogen and oxygen atoms in total. The molecule has 2 aromatic carbocycles. The van der Waals surface area contributed by atoms with Gasteiger partial charge in [-0.05, 0) is 47.6 Å². The fourth-order valence-corrected chi connectivity index (χ4v) is 2.58. The normalized spacial score (nSPS) is 10.8. The lowest BCUT2D eigenvalue weighted by Gasteiger charge is -2.08. The van der Waals surface area contributed by atoms with Crippen molar-refractivity contribution in [3.05, 3.63) is 59.2 Å². The van der Waals surface area contributed by atoms with Crippen molar-refractivity contribution in [1.82, 2.24) is 5.32 Å². The molecule has 2 rings (SSSR count).